The lowest BCUT2D eigenvalue weighted by Crippen LogP contribution is -2.32. The average Bonchev–Trinajstić information content (AvgIpc) is 1.85. The second kappa shape index (κ2) is 3.60. The van der Waals surface area contributed by atoms with E-state index in [1.807, 2.05) is 0 Å². The number of alkyl halides is 2. The van der Waals surface area contributed by atoms with Gasteiger partial charge < -0.3 is 5.11 Å². The van der Waals surface area contributed by atoms with Crippen LogP contribution in [0.2, 0.25) is 0 Å². The molecule has 1 N–H and O–H groups in total. The molecule has 0 aromatic carbocycles. The highest BCUT2D eigenvalue weighted by Crippen LogP contribution is 2.20. The van der Waals surface area contributed by atoms with Gasteiger partial charge in [0.15, 0.2) is 0 Å². The molecule has 0 atom stereocenters. The van der Waals surface area contributed by atoms with E-state index in [1.54, 1.807) is 0 Å². The maximum absolute atomic E-state index is 12.3. The van der Waals surface area contributed by atoms with E-state index in [1.165, 1.54) is 13.8 Å². The van der Waals surface area contributed by atoms with Crippen molar-refractivity contribution in [2.75, 3.05) is 0 Å². The quantitative estimate of drug-likeness (QED) is 0.709. The molecular formula is C7H10F2O3. The number of carboxylic acids is 1. The Balaban J connectivity index is 4.25. The van der Waals surface area contributed by atoms with Gasteiger partial charge in [0.05, 0.1) is 6.42 Å². The van der Waals surface area contributed by atoms with Gasteiger partial charge in [-0.2, -0.15) is 8.78 Å². The van der Waals surface area contributed by atoms with Crippen LogP contribution in [-0.2, 0) is 9.59 Å². The van der Waals surface area contributed by atoms with Crippen molar-refractivity contribution in [2.45, 2.75) is 26.2 Å². The summed E-state index contributed by atoms with van der Waals surface area (Å²) in [6.07, 6.45) is -1.22. The summed E-state index contributed by atoms with van der Waals surface area (Å²) in [6, 6.07) is 0. The SMILES string of the molecule is CC(C)C(=O)CC(F)(F)C(=O)O. The molecule has 0 saturated carbocycles. The largest absolute Gasteiger partial charge is 0.477 e. The summed E-state index contributed by atoms with van der Waals surface area (Å²) in [6.45, 7) is 2.89. The number of Topliss-reactive ketones (excluding diaryl/α,β-unsaturated/α-hetero) is 1. The van der Waals surface area contributed by atoms with E-state index in [0.29, 0.717) is 0 Å². The standard InChI is InChI=1S/C7H10F2O3/c1-4(2)5(10)3-7(8,9)6(11)12/h4H,3H2,1-2H3,(H,11,12). The molecule has 0 amide bonds. The molecule has 0 saturated heterocycles. The van der Waals surface area contributed by atoms with Gasteiger partial charge in [-0.25, -0.2) is 4.79 Å². The average molecular weight is 180 g/mol. The Labute approximate surface area is 68.4 Å². The first kappa shape index (κ1) is 11.0. The number of ketones is 1. The van der Waals surface area contributed by atoms with Crippen molar-refractivity contribution in [1.29, 1.82) is 0 Å². The lowest BCUT2D eigenvalue weighted by atomic mass is 10.0. The molecule has 0 aromatic heterocycles. The number of halogens is 2. The van der Waals surface area contributed by atoms with Crippen LogP contribution in [0, 0.1) is 5.92 Å². The van der Waals surface area contributed by atoms with Crippen LogP contribution in [0.15, 0.2) is 0 Å². The van der Waals surface area contributed by atoms with Crippen molar-refractivity contribution in [3.05, 3.63) is 0 Å². The van der Waals surface area contributed by atoms with Crippen LogP contribution in [0.25, 0.3) is 0 Å². The van der Waals surface area contributed by atoms with Crippen LogP contribution in [-0.4, -0.2) is 22.8 Å². The van der Waals surface area contributed by atoms with Crippen LogP contribution >= 0.6 is 0 Å². The van der Waals surface area contributed by atoms with Crippen LogP contribution in [0.5, 0.6) is 0 Å². The molecule has 0 aliphatic heterocycles. The van der Waals surface area contributed by atoms with E-state index >= 15 is 0 Å². The number of hydrogen-bond donors (Lipinski definition) is 1. The van der Waals surface area contributed by atoms with Gasteiger partial charge in [0.1, 0.15) is 5.78 Å². The molecule has 0 rings (SSSR count). The molecule has 0 fully saturated rings. The number of hydrogen-bond acceptors (Lipinski definition) is 2. The molecule has 0 bridgehead atoms. The van der Waals surface area contributed by atoms with Crippen molar-refractivity contribution in [1.82, 2.24) is 0 Å². The van der Waals surface area contributed by atoms with Gasteiger partial charge in [0, 0.05) is 5.92 Å². The zero-order valence-electron chi connectivity index (χ0n) is 6.80. The van der Waals surface area contributed by atoms with E-state index in [9.17, 15) is 18.4 Å². The van der Waals surface area contributed by atoms with Gasteiger partial charge >= 0.3 is 11.9 Å². The van der Waals surface area contributed by atoms with Crippen molar-refractivity contribution in [3.8, 4) is 0 Å². The van der Waals surface area contributed by atoms with Crippen LogP contribution in [0.3, 0.4) is 0 Å². The molecule has 5 heteroatoms. The number of aliphatic carboxylic acids is 1. The monoisotopic (exact) mass is 180 g/mol. The number of carbonyl (C=O) groups is 2. The molecule has 0 aliphatic carbocycles. The Morgan fingerprint density at radius 3 is 2.08 bits per heavy atom. The van der Waals surface area contributed by atoms with Gasteiger partial charge in [-0.15, -0.1) is 0 Å². The topological polar surface area (TPSA) is 54.4 Å². The van der Waals surface area contributed by atoms with Gasteiger partial charge in [-0.3, -0.25) is 4.79 Å². The summed E-state index contributed by atoms with van der Waals surface area (Å²) in [5.41, 5.74) is 0. The second-order valence-corrected chi connectivity index (χ2v) is 2.81. The fourth-order valence-electron chi connectivity index (χ4n) is 0.499. The van der Waals surface area contributed by atoms with Crippen molar-refractivity contribution in [3.63, 3.8) is 0 Å². The Morgan fingerprint density at radius 2 is 1.83 bits per heavy atom. The van der Waals surface area contributed by atoms with E-state index in [2.05, 4.69) is 0 Å². The molecule has 0 aromatic rings. The molecular weight excluding hydrogens is 170 g/mol. The molecule has 0 unspecified atom stereocenters. The summed E-state index contributed by atoms with van der Waals surface area (Å²) in [5.74, 6) is -7.49. The third-order valence-electron chi connectivity index (χ3n) is 1.35. The minimum atomic E-state index is -3.93. The highest BCUT2D eigenvalue weighted by molar-refractivity contribution is 5.87. The van der Waals surface area contributed by atoms with Crippen LogP contribution in [0.4, 0.5) is 8.78 Å². The Hall–Kier alpha value is -1.00. The first-order valence-corrected chi connectivity index (χ1v) is 3.41. The molecule has 3 nitrogen and oxygen atoms in total. The summed E-state index contributed by atoms with van der Waals surface area (Å²) in [4.78, 5) is 20.6. The summed E-state index contributed by atoms with van der Waals surface area (Å²) in [7, 11) is 0. The molecule has 70 valence electrons. The predicted octanol–water partition coefficient (Wildman–Crippen LogP) is 1.32. The summed E-state index contributed by atoms with van der Waals surface area (Å²) in [5, 5.41) is 7.97. The minimum Gasteiger partial charge on any atom is -0.477 e. The molecule has 0 aliphatic rings. The lowest BCUT2D eigenvalue weighted by molar-refractivity contribution is -0.168. The molecule has 0 radical (unpaired) electrons. The van der Waals surface area contributed by atoms with E-state index in [0.717, 1.165) is 0 Å². The minimum absolute atomic E-state index is 0.560. The smallest absolute Gasteiger partial charge is 0.375 e. The van der Waals surface area contributed by atoms with Crippen LogP contribution < -0.4 is 0 Å². The lowest BCUT2D eigenvalue weighted by Gasteiger charge is -2.10. The fraction of sp³-hybridized carbons (Fsp3) is 0.714. The van der Waals surface area contributed by atoms with Gasteiger partial charge in [-0.1, -0.05) is 13.8 Å². The first-order chi connectivity index (χ1) is 5.27. The predicted molar refractivity (Wildman–Crippen MR) is 37.0 cm³/mol. The summed E-state index contributed by atoms with van der Waals surface area (Å²) < 4.78 is 24.7. The Morgan fingerprint density at radius 1 is 1.42 bits per heavy atom. The number of carbonyl (C=O) groups excluding carboxylic acids is 1. The first-order valence-electron chi connectivity index (χ1n) is 3.41. The third-order valence-corrected chi connectivity index (χ3v) is 1.35. The summed E-state index contributed by atoms with van der Waals surface area (Å²) >= 11 is 0. The van der Waals surface area contributed by atoms with Gasteiger partial charge in [-0.05, 0) is 0 Å². The maximum atomic E-state index is 12.3. The molecule has 0 spiro atoms. The fourth-order valence-corrected chi connectivity index (χ4v) is 0.499. The highest BCUT2D eigenvalue weighted by Gasteiger charge is 2.41. The Bertz CT molecular complexity index is 199. The van der Waals surface area contributed by atoms with Crippen LogP contribution in [0.1, 0.15) is 20.3 Å². The third kappa shape index (κ3) is 2.94. The Kier molecular flexibility index (Phi) is 3.30. The molecule has 0 heterocycles. The maximum Gasteiger partial charge on any atom is 0.375 e. The van der Waals surface area contributed by atoms with E-state index in [-0.39, 0.29) is 0 Å². The van der Waals surface area contributed by atoms with Crippen molar-refractivity contribution in [2.24, 2.45) is 5.92 Å². The number of rotatable bonds is 4. The van der Waals surface area contributed by atoms with Crippen molar-refractivity contribution < 1.29 is 23.5 Å². The van der Waals surface area contributed by atoms with Crippen molar-refractivity contribution >= 4 is 11.8 Å². The number of carboxylic acid groups (broad SMARTS) is 1. The van der Waals surface area contributed by atoms with E-state index < -0.39 is 30.0 Å². The zero-order valence-corrected chi connectivity index (χ0v) is 6.80. The second-order valence-electron chi connectivity index (χ2n) is 2.81. The highest BCUT2D eigenvalue weighted by atomic mass is 19.3. The normalized spacial score (nSPS) is 11.8. The van der Waals surface area contributed by atoms with Gasteiger partial charge in [0.25, 0.3) is 0 Å². The zero-order chi connectivity index (χ0) is 9.94. The van der Waals surface area contributed by atoms with Gasteiger partial charge in [0.2, 0.25) is 0 Å². The molecule has 12 heavy (non-hydrogen) atoms. The van der Waals surface area contributed by atoms with E-state index in [4.69, 9.17) is 5.11 Å².